The Bertz CT molecular complexity index is 690. The maximum atomic E-state index is 5.71. The van der Waals surface area contributed by atoms with E-state index in [0.29, 0.717) is 6.61 Å². The fraction of sp³-hybridized carbons (Fsp3) is 0.176. The van der Waals surface area contributed by atoms with Gasteiger partial charge in [0.25, 0.3) is 0 Å². The minimum absolute atomic E-state index is 0.705. The van der Waals surface area contributed by atoms with E-state index in [-0.39, 0.29) is 0 Å². The smallest absolute Gasteiger partial charge is 0.121 e. The molecule has 0 bridgehead atoms. The van der Waals surface area contributed by atoms with Crippen molar-refractivity contribution in [2.75, 3.05) is 18.1 Å². The van der Waals surface area contributed by atoms with Crippen molar-refractivity contribution in [2.24, 2.45) is 0 Å². The van der Waals surface area contributed by atoms with Gasteiger partial charge in [-0.25, -0.2) is 0 Å². The van der Waals surface area contributed by atoms with Crippen molar-refractivity contribution >= 4 is 28.4 Å². The van der Waals surface area contributed by atoms with Crippen LogP contribution in [0.5, 0.6) is 5.75 Å². The molecule has 2 aromatic carbocycles. The molecule has 1 heterocycles. The number of H-pyrrole nitrogens is 1. The highest BCUT2D eigenvalue weighted by Gasteiger charge is 2.00. The second-order valence-electron chi connectivity index (χ2n) is 4.84. The number of benzene rings is 2. The predicted octanol–water partition coefficient (Wildman–Crippen LogP) is 4.31. The molecule has 3 rings (SSSR count). The van der Waals surface area contributed by atoms with Crippen LogP contribution in [0.15, 0.2) is 59.6 Å². The van der Waals surface area contributed by atoms with Crippen molar-refractivity contribution in [1.82, 2.24) is 4.98 Å². The summed E-state index contributed by atoms with van der Waals surface area (Å²) in [6, 6.07) is 18.1. The molecule has 3 aromatic rings. The molecule has 0 saturated carbocycles. The average molecular weight is 298 g/mol. The van der Waals surface area contributed by atoms with E-state index >= 15 is 0 Å². The van der Waals surface area contributed by atoms with Crippen molar-refractivity contribution in [3.8, 4) is 5.75 Å². The summed E-state index contributed by atoms with van der Waals surface area (Å²) in [6.45, 7) is 0.705. The van der Waals surface area contributed by atoms with Crippen LogP contribution in [0, 0.1) is 0 Å². The number of rotatable bonds is 6. The molecule has 3 nitrogen and oxygen atoms in total. The average Bonchev–Trinajstić information content (AvgIpc) is 2.89. The van der Waals surface area contributed by atoms with Crippen molar-refractivity contribution in [3.05, 3.63) is 54.6 Å². The van der Waals surface area contributed by atoms with Gasteiger partial charge in [-0.1, -0.05) is 24.3 Å². The first-order chi connectivity index (χ1) is 10.3. The molecule has 0 fully saturated rings. The molecule has 1 aromatic heterocycles. The Hall–Kier alpha value is -2.07. The van der Waals surface area contributed by atoms with Gasteiger partial charge in [-0.2, -0.15) is 0 Å². The SMILES string of the molecule is Nc1cccc(OCCCSc2cc3ccccc3[nH]2)c1. The van der Waals surface area contributed by atoms with Crippen LogP contribution in [0.4, 0.5) is 5.69 Å². The Balaban J connectivity index is 1.44. The molecule has 0 atom stereocenters. The number of fused-ring (bicyclic) bond motifs is 1. The molecule has 0 aliphatic rings. The van der Waals surface area contributed by atoms with E-state index < -0.39 is 0 Å². The standard InChI is InChI=1S/C17H18N2OS/c18-14-6-3-7-15(12-14)20-9-4-10-21-17-11-13-5-1-2-8-16(13)19-17/h1-3,5-8,11-12,19H,4,9-10,18H2. The van der Waals surface area contributed by atoms with E-state index in [4.69, 9.17) is 10.5 Å². The van der Waals surface area contributed by atoms with E-state index in [1.807, 2.05) is 42.1 Å². The van der Waals surface area contributed by atoms with Crippen molar-refractivity contribution in [1.29, 1.82) is 0 Å². The maximum absolute atomic E-state index is 5.71. The summed E-state index contributed by atoms with van der Waals surface area (Å²) in [5.74, 6) is 1.86. The molecule has 21 heavy (non-hydrogen) atoms. The molecule has 0 amide bonds. The van der Waals surface area contributed by atoms with Crippen LogP contribution in [0.1, 0.15) is 6.42 Å². The van der Waals surface area contributed by atoms with E-state index in [9.17, 15) is 0 Å². The number of nitrogens with one attached hydrogen (secondary N) is 1. The number of hydrogen-bond acceptors (Lipinski definition) is 3. The highest BCUT2D eigenvalue weighted by molar-refractivity contribution is 7.99. The number of aromatic amines is 1. The van der Waals surface area contributed by atoms with Gasteiger partial charge in [0.15, 0.2) is 0 Å². The monoisotopic (exact) mass is 298 g/mol. The number of aromatic nitrogens is 1. The summed E-state index contributed by atoms with van der Waals surface area (Å²) in [4.78, 5) is 3.42. The molecular weight excluding hydrogens is 280 g/mol. The van der Waals surface area contributed by atoms with E-state index in [2.05, 4.69) is 29.2 Å². The van der Waals surface area contributed by atoms with Gasteiger partial charge in [0.2, 0.25) is 0 Å². The second-order valence-corrected chi connectivity index (χ2v) is 5.98. The van der Waals surface area contributed by atoms with Gasteiger partial charge >= 0.3 is 0 Å². The molecule has 0 unspecified atom stereocenters. The van der Waals surface area contributed by atoms with Crippen LogP contribution in [-0.2, 0) is 0 Å². The van der Waals surface area contributed by atoms with Crippen LogP contribution in [0.2, 0.25) is 0 Å². The Morgan fingerprint density at radius 3 is 2.81 bits per heavy atom. The Morgan fingerprint density at radius 1 is 1.05 bits per heavy atom. The zero-order chi connectivity index (χ0) is 14.5. The first-order valence-corrected chi connectivity index (χ1v) is 7.99. The maximum Gasteiger partial charge on any atom is 0.121 e. The minimum Gasteiger partial charge on any atom is -0.493 e. The number of nitrogens with two attached hydrogens (primary N) is 1. The topological polar surface area (TPSA) is 51.0 Å². The van der Waals surface area contributed by atoms with Crippen LogP contribution in [0.25, 0.3) is 10.9 Å². The lowest BCUT2D eigenvalue weighted by molar-refractivity contribution is 0.319. The normalized spacial score (nSPS) is 10.9. The zero-order valence-corrected chi connectivity index (χ0v) is 12.5. The highest BCUT2D eigenvalue weighted by Crippen LogP contribution is 2.23. The number of hydrogen-bond donors (Lipinski definition) is 2. The van der Waals surface area contributed by atoms with Gasteiger partial charge < -0.3 is 15.5 Å². The molecule has 0 aliphatic heterocycles. The second kappa shape index (κ2) is 6.59. The summed E-state index contributed by atoms with van der Waals surface area (Å²) >= 11 is 1.82. The van der Waals surface area contributed by atoms with Gasteiger partial charge in [0.05, 0.1) is 11.6 Å². The van der Waals surface area contributed by atoms with Gasteiger partial charge in [-0.05, 0) is 30.7 Å². The molecule has 0 saturated heterocycles. The van der Waals surface area contributed by atoms with Gasteiger partial charge in [-0.15, -0.1) is 11.8 Å². The van der Waals surface area contributed by atoms with Crippen molar-refractivity contribution < 1.29 is 4.74 Å². The zero-order valence-electron chi connectivity index (χ0n) is 11.7. The van der Waals surface area contributed by atoms with Crippen LogP contribution in [0.3, 0.4) is 0 Å². The lowest BCUT2D eigenvalue weighted by Crippen LogP contribution is -1.99. The highest BCUT2D eigenvalue weighted by atomic mass is 32.2. The molecule has 3 N–H and O–H groups in total. The Kier molecular flexibility index (Phi) is 4.36. The van der Waals surface area contributed by atoms with E-state index in [0.717, 1.165) is 23.6 Å². The molecule has 108 valence electrons. The number of thioether (sulfide) groups is 1. The summed E-state index contributed by atoms with van der Waals surface area (Å²) in [7, 11) is 0. The first kappa shape index (κ1) is 13.9. The summed E-state index contributed by atoms with van der Waals surface area (Å²) < 4.78 is 5.68. The molecule has 0 spiro atoms. The summed E-state index contributed by atoms with van der Waals surface area (Å²) in [6.07, 6.45) is 0.995. The minimum atomic E-state index is 0.705. The van der Waals surface area contributed by atoms with Gasteiger partial charge in [0, 0.05) is 28.4 Å². The largest absolute Gasteiger partial charge is 0.493 e. The number of nitrogen functional groups attached to an aromatic ring is 1. The third-order valence-electron chi connectivity index (χ3n) is 3.18. The predicted molar refractivity (Wildman–Crippen MR) is 90.0 cm³/mol. The Morgan fingerprint density at radius 2 is 1.95 bits per heavy atom. The number of ether oxygens (including phenoxy) is 1. The molecular formula is C17H18N2OS. The fourth-order valence-electron chi connectivity index (χ4n) is 2.16. The van der Waals surface area contributed by atoms with Crippen LogP contribution < -0.4 is 10.5 Å². The Labute approximate surface area is 128 Å². The van der Waals surface area contributed by atoms with E-state index in [1.54, 1.807) is 0 Å². The lowest BCUT2D eigenvalue weighted by Gasteiger charge is -2.06. The lowest BCUT2D eigenvalue weighted by atomic mass is 10.3. The van der Waals surface area contributed by atoms with Crippen molar-refractivity contribution in [2.45, 2.75) is 11.4 Å². The molecule has 4 heteroatoms. The van der Waals surface area contributed by atoms with Crippen molar-refractivity contribution in [3.63, 3.8) is 0 Å². The van der Waals surface area contributed by atoms with Gasteiger partial charge in [-0.3, -0.25) is 0 Å². The number of para-hydroxylation sites is 1. The molecule has 0 radical (unpaired) electrons. The van der Waals surface area contributed by atoms with Crippen LogP contribution >= 0.6 is 11.8 Å². The third-order valence-corrected chi connectivity index (χ3v) is 4.20. The first-order valence-electron chi connectivity index (χ1n) is 7.00. The van der Waals surface area contributed by atoms with E-state index in [1.165, 1.54) is 15.9 Å². The summed E-state index contributed by atoms with van der Waals surface area (Å²) in [5, 5.41) is 2.47. The molecule has 0 aliphatic carbocycles. The quantitative estimate of drug-likeness (QED) is 0.405. The third kappa shape index (κ3) is 3.73. The van der Waals surface area contributed by atoms with Gasteiger partial charge in [0.1, 0.15) is 5.75 Å². The fourth-order valence-corrected chi connectivity index (χ4v) is 3.03. The number of anilines is 1. The van der Waals surface area contributed by atoms with Crippen LogP contribution in [-0.4, -0.2) is 17.3 Å². The summed E-state index contributed by atoms with van der Waals surface area (Å²) in [5.41, 5.74) is 7.64.